The normalized spacial score (nSPS) is 11.8. The van der Waals surface area contributed by atoms with Crippen LogP contribution in [0.3, 0.4) is 0 Å². The van der Waals surface area contributed by atoms with Crippen molar-refractivity contribution in [3.8, 4) is 67.1 Å². The van der Waals surface area contributed by atoms with Crippen LogP contribution in [0.15, 0.2) is 300 Å². The molecule has 5 heteroatoms. The predicted molar refractivity (Wildman–Crippen MR) is 335 cm³/mol. The Morgan fingerprint density at radius 1 is 0.235 bits per heavy atom. The van der Waals surface area contributed by atoms with Crippen molar-refractivity contribution in [1.82, 2.24) is 0 Å². The zero-order valence-electron chi connectivity index (χ0n) is 43.8. The number of rotatable bonds is 10. The second kappa shape index (κ2) is 18.9. The predicted octanol–water partition coefficient (Wildman–Crippen LogP) is 22.0. The molecule has 1 aliphatic rings. The molecule has 0 unspecified atom stereocenters. The van der Waals surface area contributed by atoms with Crippen molar-refractivity contribution >= 4 is 88.8 Å². The van der Waals surface area contributed by atoms with E-state index in [2.05, 4.69) is 277 Å². The van der Waals surface area contributed by atoms with Crippen LogP contribution in [0.25, 0.3) is 110 Å². The van der Waals surface area contributed by atoms with Gasteiger partial charge in [-0.15, -0.1) is 0 Å². The molecule has 0 amide bonds. The van der Waals surface area contributed by atoms with Gasteiger partial charge in [0.05, 0.1) is 5.69 Å². The summed E-state index contributed by atoms with van der Waals surface area (Å²) in [6.07, 6.45) is 0. The SMILES string of the molecule is c1ccc(-c2ccc(N(c3ccc(-c4cccc5c4oc4ccccc45)cc3)c3ccc4c(c3)-c3cccc5c(N(c6ccc(-c7ccccc7)cc6)c6ccc(-c7cccc8c7oc7ccccc78)cc6)ccc(c35)O4)cc2)cc1. The van der Waals surface area contributed by atoms with Crippen LogP contribution in [0.4, 0.5) is 34.1 Å². The van der Waals surface area contributed by atoms with Crippen LogP contribution >= 0.6 is 0 Å². The van der Waals surface area contributed by atoms with E-state index in [0.717, 1.165) is 145 Å². The lowest BCUT2D eigenvalue weighted by Crippen LogP contribution is -2.12. The largest absolute Gasteiger partial charge is 0.456 e. The van der Waals surface area contributed by atoms with E-state index in [9.17, 15) is 0 Å². The lowest BCUT2D eigenvalue weighted by molar-refractivity contribution is 0.487. The average molecular weight is 1040 g/mol. The van der Waals surface area contributed by atoms with E-state index in [0.29, 0.717) is 0 Å². The minimum absolute atomic E-state index is 0.809. The number of fused-ring (bicyclic) bond motifs is 8. The molecule has 1 aliphatic heterocycles. The molecule has 81 heavy (non-hydrogen) atoms. The summed E-state index contributed by atoms with van der Waals surface area (Å²) in [5.41, 5.74) is 20.8. The summed E-state index contributed by atoms with van der Waals surface area (Å²) in [7, 11) is 0. The molecule has 0 fully saturated rings. The van der Waals surface area contributed by atoms with Crippen LogP contribution < -0.4 is 14.5 Å². The maximum absolute atomic E-state index is 6.96. The molecule has 0 saturated heterocycles. The fraction of sp³-hybridized carbons (Fsp3) is 0. The zero-order chi connectivity index (χ0) is 53.4. The topological polar surface area (TPSA) is 42.0 Å². The zero-order valence-corrected chi connectivity index (χ0v) is 43.8. The van der Waals surface area contributed by atoms with Crippen molar-refractivity contribution in [2.45, 2.75) is 0 Å². The summed E-state index contributed by atoms with van der Waals surface area (Å²) >= 11 is 0. The smallest absolute Gasteiger partial charge is 0.143 e. The highest BCUT2D eigenvalue weighted by molar-refractivity contribution is 6.13. The monoisotopic (exact) mass is 1040 g/mol. The molecule has 0 spiro atoms. The molecule has 2 aromatic heterocycles. The molecule has 3 heterocycles. The molecule has 0 atom stereocenters. The van der Waals surface area contributed by atoms with Gasteiger partial charge in [-0.1, -0.05) is 200 Å². The average Bonchev–Trinajstić information content (AvgIpc) is 4.27. The Balaban J connectivity index is 0.812. The first kappa shape index (κ1) is 46.2. The number of anilines is 6. The molecule has 0 N–H and O–H groups in total. The number of hydrogen-bond acceptors (Lipinski definition) is 5. The quantitative estimate of drug-likeness (QED) is 0.137. The molecule has 5 nitrogen and oxygen atoms in total. The Morgan fingerprint density at radius 2 is 0.630 bits per heavy atom. The van der Waals surface area contributed by atoms with E-state index in [-0.39, 0.29) is 0 Å². The van der Waals surface area contributed by atoms with Gasteiger partial charge < -0.3 is 23.4 Å². The summed E-state index contributed by atoms with van der Waals surface area (Å²) in [5, 5.41) is 6.59. The molecule has 15 aromatic rings. The molecule has 0 saturated carbocycles. The highest BCUT2D eigenvalue weighted by Crippen LogP contribution is 2.53. The van der Waals surface area contributed by atoms with Gasteiger partial charge in [0.1, 0.15) is 33.8 Å². The fourth-order valence-electron chi connectivity index (χ4n) is 12.2. The number of para-hydroxylation sites is 4. The number of hydrogen-bond donors (Lipinski definition) is 0. The third-order valence-electron chi connectivity index (χ3n) is 16.1. The van der Waals surface area contributed by atoms with Crippen LogP contribution in [0.2, 0.25) is 0 Å². The van der Waals surface area contributed by atoms with Gasteiger partial charge in [-0.25, -0.2) is 0 Å². The van der Waals surface area contributed by atoms with E-state index in [1.165, 1.54) is 11.1 Å². The van der Waals surface area contributed by atoms with Gasteiger partial charge in [0, 0.05) is 77.4 Å². The van der Waals surface area contributed by atoms with Crippen molar-refractivity contribution in [2.24, 2.45) is 0 Å². The fourth-order valence-corrected chi connectivity index (χ4v) is 12.2. The first-order valence-corrected chi connectivity index (χ1v) is 27.5. The third-order valence-corrected chi connectivity index (χ3v) is 16.1. The lowest BCUT2D eigenvalue weighted by Gasteiger charge is -2.30. The van der Waals surface area contributed by atoms with Gasteiger partial charge >= 0.3 is 0 Å². The Labute approximate surface area is 468 Å². The van der Waals surface area contributed by atoms with E-state index < -0.39 is 0 Å². The maximum atomic E-state index is 6.96. The summed E-state index contributed by atoms with van der Waals surface area (Å²) in [4.78, 5) is 4.71. The second-order valence-corrected chi connectivity index (χ2v) is 20.7. The van der Waals surface area contributed by atoms with Gasteiger partial charge in [0.2, 0.25) is 0 Å². The van der Waals surface area contributed by atoms with E-state index >= 15 is 0 Å². The first-order valence-electron chi connectivity index (χ1n) is 27.5. The van der Waals surface area contributed by atoms with Gasteiger partial charge in [-0.3, -0.25) is 0 Å². The van der Waals surface area contributed by atoms with Gasteiger partial charge in [-0.05, 0) is 130 Å². The molecular formula is C76H48N2O3. The highest BCUT2D eigenvalue weighted by Gasteiger charge is 2.27. The summed E-state index contributed by atoms with van der Waals surface area (Å²) < 4.78 is 20.0. The molecule has 0 radical (unpaired) electrons. The lowest BCUT2D eigenvalue weighted by atomic mass is 9.92. The van der Waals surface area contributed by atoms with E-state index in [4.69, 9.17) is 13.6 Å². The van der Waals surface area contributed by atoms with Crippen molar-refractivity contribution < 1.29 is 13.6 Å². The molecule has 0 bridgehead atoms. The Bertz CT molecular complexity index is 4870. The van der Waals surface area contributed by atoms with E-state index in [1.807, 2.05) is 24.3 Å². The van der Waals surface area contributed by atoms with Crippen LogP contribution in [0.5, 0.6) is 11.5 Å². The van der Waals surface area contributed by atoms with Crippen LogP contribution in [-0.4, -0.2) is 0 Å². The maximum Gasteiger partial charge on any atom is 0.143 e. The molecule has 0 aliphatic carbocycles. The van der Waals surface area contributed by atoms with Crippen LogP contribution in [0, 0.1) is 0 Å². The first-order chi connectivity index (χ1) is 40.1. The Morgan fingerprint density at radius 3 is 1.15 bits per heavy atom. The van der Waals surface area contributed by atoms with Crippen LogP contribution in [-0.2, 0) is 0 Å². The summed E-state index contributed by atoms with van der Waals surface area (Å²) in [6.45, 7) is 0. The number of ether oxygens (including phenoxy) is 1. The third kappa shape index (κ3) is 7.85. The number of nitrogens with zero attached hydrogens (tertiary/aromatic N) is 2. The standard InChI is InChI=1S/C76H48N2O3/c1-3-14-49(15-4-1)51-28-36-55(37-29-51)77(56-40-32-53(33-41-56)60-20-11-23-65-62-18-7-9-26-70(62)80-75(60)65)59-44-46-72-68(48-59)64-22-13-25-67-69(45-47-73(79-72)74(64)67)78(57-38-30-52(31-39-57)50-16-5-2-6-17-50)58-42-34-54(35-43-58)61-21-12-24-66-63-19-8-10-27-71(63)81-76(61)66/h1-48H. The number of benzene rings is 13. The van der Waals surface area contributed by atoms with Crippen molar-refractivity contribution in [2.75, 3.05) is 9.80 Å². The number of furan rings is 2. The highest BCUT2D eigenvalue weighted by atomic mass is 16.5. The summed E-state index contributed by atoms with van der Waals surface area (Å²) in [6, 6.07) is 103. The molecule has 380 valence electrons. The van der Waals surface area contributed by atoms with Crippen LogP contribution in [0.1, 0.15) is 0 Å². The summed E-state index contributed by atoms with van der Waals surface area (Å²) in [5.74, 6) is 1.63. The van der Waals surface area contributed by atoms with Crippen molar-refractivity contribution in [3.63, 3.8) is 0 Å². The molecule has 16 rings (SSSR count). The van der Waals surface area contributed by atoms with Gasteiger partial charge in [-0.2, -0.15) is 0 Å². The van der Waals surface area contributed by atoms with Crippen molar-refractivity contribution in [1.29, 1.82) is 0 Å². The Hall–Kier alpha value is -10.9. The molecule has 13 aromatic carbocycles. The second-order valence-electron chi connectivity index (χ2n) is 20.7. The van der Waals surface area contributed by atoms with Crippen molar-refractivity contribution in [3.05, 3.63) is 291 Å². The minimum atomic E-state index is 0.809. The van der Waals surface area contributed by atoms with Gasteiger partial charge in [0.15, 0.2) is 0 Å². The van der Waals surface area contributed by atoms with E-state index in [1.54, 1.807) is 0 Å². The minimum Gasteiger partial charge on any atom is -0.456 e. The Kier molecular flexibility index (Phi) is 10.8. The van der Waals surface area contributed by atoms with Gasteiger partial charge in [0.25, 0.3) is 0 Å². The molecular weight excluding hydrogens is 989 g/mol.